The summed E-state index contributed by atoms with van der Waals surface area (Å²) >= 11 is 0. The fourth-order valence-corrected chi connectivity index (χ4v) is 4.16. The molecule has 0 radical (unpaired) electrons. The van der Waals surface area contributed by atoms with Gasteiger partial charge in [0, 0.05) is 0 Å². The number of rotatable bonds is 6. The Bertz CT molecular complexity index is 597. The van der Waals surface area contributed by atoms with Crippen LogP contribution in [0.1, 0.15) is 75.8 Å². The van der Waals surface area contributed by atoms with Crippen molar-refractivity contribution in [3.05, 3.63) is 59.7 Å². The second kappa shape index (κ2) is 8.51. The molecule has 0 spiro atoms. The van der Waals surface area contributed by atoms with Crippen LogP contribution >= 0.6 is 0 Å². The second-order valence-electron chi connectivity index (χ2n) is 7.53. The van der Waals surface area contributed by atoms with Gasteiger partial charge in [-0.3, -0.25) is 0 Å². The van der Waals surface area contributed by atoms with E-state index in [1.807, 2.05) is 0 Å². The highest BCUT2D eigenvalue weighted by atomic mass is 14.3. The van der Waals surface area contributed by atoms with Gasteiger partial charge in [0.1, 0.15) is 0 Å². The Labute approximate surface area is 148 Å². The number of unbranched alkanes of at least 4 members (excludes halogenated alkanes) is 1. The Hall–Kier alpha value is -1.56. The topological polar surface area (TPSA) is 0 Å². The van der Waals surface area contributed by atoms with E-state index in [1.54, 1.807) is 5.56 Å². The quantitative estimate of drug-likeness (QED) is 0.521. The van der Waals surface area contributed by atoms with Crippen LogP contribution in [-0.2, 0) is 6.42 Å². The van der Waals surface area contributed by atoms with Crippen LogP contribution in [0.4, 0.5) is 0 Å². The maximum atomic E-state index is 2.38. The number of hydrogen-bond acceptors (Lipinski definition) is 0. The van der Waals surface area contributed by atoms with E-state index in [0.717, 1.165) is 18.3 Å². The summed E-state index contributed by atoms with van der Waals surface area (Å²) in [7, 11) is 0. The lowest BCUT2D eigenvalue weighted by atomic mass is 9.77. The van der Waals surface area contributed by atoms with Crippen molar-refractivity contribution in [3.8, 4) is 11.1 Å². The van der Waals surface area contributed by atoms with Gasteiger partial charge in [-0.05, 0) is 66.2 Å². The lowest BCUT2D eigenvalue weighted by Crippen LogP contribution is -2.13. The van der Waals surface area contributed by atoms with Crippen LogP contribution in [-0.4, -0.2) is 0 Å². The third-order valence-electron chi connectivity index (χ3n) is 5.89. The maximum Gasteiger partial charge on any atom is -0.0162 e. The van der Waals surface area contributed by atoms with Gasteiger partial charge in [0.25, 0.3) is 0 Å². The molecular formula is C24H32. The third-order valence-corrected chi connectivity index (χ3v) is 5.89. The van der Waals surface area contributed by atoms with Gasteiger partial charge in [0.15, 0.2) is 0 Å². The Kier molecular flexibility index (Phi) is 6.12. The minimum atomic E-state index is 0.791. The molecule has 0 heterocycles. The fourth-order valence-electron chi connectivity index (χ4n) is 4.16. The standard InChI is InChI=1S/C24H32/c1-3-5-6-20-9-13-22(14-10-20)24-17-15-23(16-18-24)21-11-7-19(4-2)8-12-21/h7-8,11-12,15-18,20,22H,3-6,9-10,13-14H2,1-2H3. The first-order valence-corrected chi connectivity index (χ1v) is 9.99. The van der Waals surface area contributed by atoms with E-state index >= 15 is 0 Å². The van der Waals surface area contributed by atoms with Crippen molar-refractivity contribution in [1.82, 2.24) is 0 Å². The van der Waals surface area contributed by atoms with E-state index in [-0.39, 0.29) is 0 Å². The summed E-state index contributed by atoms with van der Waals surface area (Å²) in [5.41, 5.74) is 5.65. The van der Waals surface area contributed by atoms with Gasteiger partial charge in [-0.1, -0.05) is 81.6 Å². The van der Waals surface area contributed by atoms with Crippen molar-refractivity contribution in [2.75, 3.05) is 0 Å². The molecular weight excluding hydrogens is 288 g/mol. The van der Waals surface area contributed by atoms with E-state index in [0.29, 0.717) is 0 Å². The molecule has 0 aliphatic heterocycles. The molecule has 128 valence electrons. The molecule has 0 bridgehead atoms. The van der Waals surface area contributed by atoms with Crippen molar-refractivity contribution in [3.63, 3.8) is 0 Å². The first-order chi connectivity index (χ1) is 11.8. The average Bonchev–Trinajstić information content (AvgIpc) is 2.67. The van der Waals surface area contributed by atoms with Gasteiger partial charge in [-0.15, -0.1) is 0 Å². The Morgan fingerprint density at radius 3 is 1.88 bits per heavy atom. The minimum absolute atomic E-state index is 0.791. The summed E-state index contributed by atoms with van der Waals surface area (Å²) in [6, 6.07) is 18.4. The van der Waals surface area contributed by atoms with Crippen LogP contribution in [0.3, 0.4) is 0 Å². The van der Waals surface area contributed by atoms with Crippen LogP contribution in [0.5, 0.6) is 0 Å². The fraction of sp³-hybridized carbons (Fsp3) is 0.500. The van der Waals surface area contributed by atoms with Crippen LogP contribution in [0, 0.1) is 5.92 Å². The summed E-state index contributed by atoms with van der Waals surface area (Å²) in [5.74, 6) is 1.79. The van der Waals surface area contributed by atoms with Crippen molar-refractivity contribution in [2.45, 2.75) is 71.1 Å². The van der Waals surface area contributed by atoms with Gasteiger partial charge in [-0.2, -0.15) is 0 Å². The maximum absolute atomic E-state index is 2.38. The normalized spacial score (nSPS) is 20.9. The monoisotopic (exact) mass is 320 g/mol. The molecule has 1 fully saturated rings. The summed E-state index contributed by atoms with van der Waals surface area (Å²) in [5, 5.41) is 0. The van der Waals surface area contributed by atoms with Gasteiger partial charge in [0.2, 0.25) is 0 Å². The van der Waals surface area contributed by atoms with E-state index in [1.165, 1.54) is 61.6 Å². The van der Waals surface area contributed by atoms with Gasteiger partial charge in [0.05, 0.1) is 0 Å². The molecule has 0 atom stereocenters. The summed E-state index contributed by atoms with van der Waals surface area (Å²) < 4.78 is 0. The predicted molar refractivity (Wildman–Crippen MR) is 105 cm³/mol. The zero-order valence-corrected chi connectivity index (χ0v) is 15.4. The Morgan fingerprint density at radius 1 is 0.750 bits per heavy atom. The summed E-state index contributed by atoms with van der Waals surface area (Å²) in [6.07, 6.45) is 11.0. The zero-order chi connectivity index (χ0) is 16.8. The molecule has 1 aliphatic carbocycles. The van der Waals surface area contributed by atoms with Crippen molar-refractivity contribution in [1.29, 1.82) is 0 Å². The van der Waals surface area contributed by atoms with Crippen molar-refractivity contribution < 1.29 is 0 Å². The molecule has 2 aromatic rings. The van der Waals surface area contributed by atoms with Gasteiger partial charge in [-0.25, -0.2) is 0 Å². The van der Waals surface area contributed by atoms with Crippen LogP contribution in [0.25, 0.3) is 11.1 Å². The molecule has 0 heteroatoms. The van der Waals surface area contributed by atoms with Crippen LogP contribution in [0.15, 0.2) is 48.5 Å². The second-order valence-corrected chi connectivity index (χ2v) is 7.53. The van der Waals surface area contributed by atoms with Crippen molar-refractivity contribution in [2.24, 2.45) is 5.92 Å². The number of aryl methyl sites for hydroxylation is 1. The first-order valence-electron chi connectivity index (χ1n) is 9.99. The number of hydrogen-bond donors (Lipinski definition) is 0. The van der Waals surface area contributed by atoms with Crippen LogP contribution < -0.4 is 0 Å². The lowest BCUT2D eigenvalue weighted by Gasteiger charge is -2.29. The Balaban J connectivity index is 1.60. The molecule has 0 nitrogen and oxygen atoms in total. The molecule has 3 rings (SSSR count). The molecule has 2 aromatic carbocycles. The molecule has 0 aromatic heterocycles. The van der Waals surface area contributed by atoms with E-state index in [4.69, 9.17) is 0 Å². The number of benzene rings is 2. The summed E-state index contributed by atoms with van der Waals surface area (Å²) in [6.45, 7) is 4.52. The molecule has 24 heavy (non-hydrogen) atoms. The SMILES string of the molecule is CCCCC1CCC(c2ccc(-c3ccc(CC)cc3)cc2)CC1. The molecule has 0 N–H and O–H groups in total. The Morgan fingerprint density at radius 2 is 1.33 bits per heavy atom. The van der Waals surface area contributed by atoms with E-state index < -0.39 is 0 Å². The predicted octanol–water partition coefficient (Wildman–Crippen LogP) is 7.38. The van der Waals surface area contributed by atoms with E-state index in [2.05, 4.69) is 62.4 Å². The highest BCUT2D eigenvalue weighted by Crippen LogP contribution is 2.38. The van der Waals surface area contributed by atoms with E-state index in [9.17, 15) is 0 Å². The van der Waals surface area contributed by atoms with Crippen LogP contribution in [0.2, 0.25) is 0 Å². The lowest BCUT2D eigenvalue weighted by molar-refractivity contribution is 0.304. The highest BCUT2D eigenvalue weighted by Gasteiger charge is 2.21. The molecule has 1 aliphatic rings. The molecule has 0 saturated heterocycles. The molecule has 0 unspecified atom stereocenters. The average molecular weight is 321 g/mol. The highest BCUT2D eigenvalue weighted by molar-refractivity contribution is 5.64. The zero-order valence-electron chi connectivity index (χ0n) is 15.4. The smallest absolute Gasteiger partial charge is 0.0162 e. The van der Waals surface area contributed by atoms with Gasteiger partial charge < -0.3 is 0 Å². The first kappa shape index (κ1) is 17.3. The largest absolute Gasteiger partial charge is 0.0654 e. The third kappa shape index (κ3) is 4.29. The van der Waals surface area contributed by atoms with Crippen molar-refractivity contribution >= 4 is 0 Å². The van der Waals surface area contributed by atoms with Gasteiger partial charge >= 0.3 is 0 Å². The molecule has 1 saturated carbocycles. The summed E-state index contributed by atoms with van der Waals surface area (Å²) in [4.78, 5) is 0. The molecule has 0 amide bonds. The minimum Gasteiger partial charge on any atom is -0.0654 e.